The maximum atomic E-state index is 13.2. The molecule has 2 N–H and O–H groups in total. The molecule has 4 aromatic carbocycles. The molecule has 0 radical (unpaired) electrons. The minimum atomic E-state index is -0.710. The van der Waals surface area contributed by atoms with Crippen LogP contribution in [0.25, 0.3) is 0 Å². The van der Waals surface area contributed by atoms with E-state index in [1.165, 1.54) is 7.11 Å². The van der Waals surface area contributed by atoms with Gasteiger partial charge in [0.1, 0.15) is 18.4 Å². The van der Waals surface area contributed by atoms with Crippen molar-refractivity contribution in [2.24, 2.45) is 5.92 Å². The maximum Gasteiger partial charge on any atom is 0.328 e. The molecular weight excluding hydrogens is 552 g/mol. The number of ketones is 1. The van der Waals surface area contributed by atoms with Crippen molar-refractivity contribution in [3.8, 4) is 5.75 Å². The number of para-hydroxylation sites is 1. The van der Waals surface area contributed by atoms with E-state index in [1.54, 1.807) is 30.3 Å². The number of anilines is 1. The molecule has 7 heteroatoms. The van der Waals surface area contributed by atoms with Crippen LogP contribution in [-0.2, 0) is 27.2 Å². The number of esters is 1. The lowest BCUT2D eigenvalue weighted by Crippen LogP contribution is -2.34. The summed E-state index contributed by atoms with van der Waals surface area (Å²) in [6.45, 7) is 2.84. The Labute approximate surface area is 259 Å². The number of nitrogens with one attached hydrogen (secondary N) is 2. The fourth-order valence-corrected chi connectivity index (χ4v) is 5.09. The lowest BCUT2D eigenvalue weighted by Gasteiger charge is -2.20. The molecule has 2 atom stereocenters. The molecule has 0 saturated heterocycles. The van der Waals surface area contributed by atoms with Crippen molar-refractivity contribution < 1.29 is 23.9 Å². The normalized spacial score (nSPS) is 12.0. The Hall–Kier alpha value is -4.91. The van der Waals surface area contributed by atoms with Gasteiger partial charge in [0.25, 0.3) is 0 Å². The highest BCUT2D eigenvalue weighted by molar-refractivity contribution is 6.12. The third-order valence-electron chi connectivity index (χ3n) is 7.39. The molecule has 0 spiro atoms. The van der Waals surface area contributed by atoms with Crippen molar-refractivity contribution in [1.82, 2.24) is 5.32 Å². The third kappa shape index (κ3) is 9.30. The van der Waals surface area contributed by atoms with Gasteiger partial charge in [0.2, 0.25) is 5.91 Å². The smallest absolute Gasteiger partial charge is 0.328 e. The quantitative estimate of drug-likeness (QED) is 0.0905. The van der Waals surface area contributed by atoms with E-state index in [4.69, 9.17) is 9.47 Å². The summed E-state index contributed by atoms with van der Waals surface area (Å²) in [7, 11) is 1.35. The van der Waals surface area contributed by atoms with Gasteiger partial charge in [-0.1, -0.05) is 98.3 Å². The van der Waals surface area contributed by atoms with E-state index >= 15 is 0 Å². The predicted molar refractivity (Wildman–Crippen MR) is 173 cm³/mol. The second-order valence-electron chi connectivity index (χ2n) is 10.6. The molecule has 0 bridgehead atoms. The summed E-state index contributed by atoms with van der Waals surface area (Å²) in [4.78, 5) is 38.7. The summed E-state index contributed by atoms with van der Waals surface area (Å²) in [5, 5.41) is 6.24. The van der Waals surface area contributed by atoms with Gasteiger partial charge in [0.15, 0.2) is 5.78 Å². The van der Waals surface area contributed by atoms with Crippen LogP contribution in [0.3, 0.4) is 0 Å². The number of ether oxygens (including phenoxy) is 2. The standard InChI is InChI=1S/C37H40N2O5/c1-3-12-30(25-27-13-6-4-7-14-27)36(41)38-23-24-44-31-21-19-28(20-22-31)26-34(37(42)43-2)39-33-18-11-10-17-32(33)35(40)29-15-8-5-9-16-29/h4-11,13-22,30,34,39H,3,12,23-26H2,1-2H3,(H,38,41). The van der Waals surface area contributed by atoms with Crippen LogP contribution in [-0.4, -0.2) is 44.0 Å². The molecule has 0 saturated carbocycles. The van der Waals surface area contributed by atoms with Gasteiger partial charge in [-0.15, -0.1) is 0 Å². The number of benzene rings is 4. The number of methoxy groups -OCH3 is 1. The fraction of sp³-hybridized carbons (Fsp3) is 0.270. The first-order chi connectivity index (χ1) is 21.5. The summed E-state index contributed by atoms with van der Waals surface area (Å²) in [5.74, 6) is 0.0760. The monoisotopic (exact) mass is 592 g/mol. The molecule has 0 aliphatic carbocycles. The van der Waals surface area contributed by atoms with Crippen LogP contribution in [0.1, 0.15) is 46.8 Å². The van der Waals surface area contributed by atoms with Gasteiger partial charge in [0, 0.05) is 29.2 Å². The number of hydrogen-bond acceptors (Lipinski definition) is 6. The topological polar surface area (TPSA) is 93.7 Å². The van der Waals surface area contributed by atoms with E-state index in [1.807, 2.05) is 66.7 Å². The van der Waals surface area contributed by atoms with Crippen LogP contribution in [0.2, 0.25) is 0 Å². The van der Waals surface area contributed by atoms with Crippen LogP contribution < -0.4 is 15.4 Å². The first kappa shape index (κ1) is 32.0. The van der Waals surface area contributed by atoms with Crippen molar-refractivity contribution >= 4 is 23.3 Å². The van der Waals surface area contributed by atoms with Gasteiger partial charge in [0.05, 0.1) is 13.7 Å². The Kier molecular flexibility index (Phi) is 12.1. The number of rotatable bonds is 16. The number of carbonyl (C=O) groups excluding carboxylic acids is 3. The zero-order valence-corrected chi connectivity index (χ0v) is 25.3. The number of hydrogen-bond donors (Lipinski definition) is 2. The van der Waals surface area contributed by atoms with Crippen molar-refractivity contribution in [1.29, 1.82) is 0 Å². The molecule has 2 unspecified atom stereocenters. The Morgan fingerprint density at radius 2 is 1.39 bits per heavy atom. The molecule has 1 amide bonds. The summed E-state index contributed by atoms with van der Waals surface area (Å²) in [5.41, 5.74) is 3.66. The molecule has 7 nitrogen and oxygen atoms in total. The van der Waals surface area contributed by atoms with Crippen LogP contribution in [0.5, 0.6) is 5.75 Å². The molecule has 0 aromatic heterocycles. The number of carbonyl (C=O) groups is 3. The van der Waals surface area contributed by atoms with E-state index in [0.717, 1.165) is 30.4 Å². The van der Waals surface area contributed by atoms with E-state index in [9.17, 15) is 14.4 Å². The largest absolute Gasteiger partial charge is 0.492 e. The molecule has 228 valence electrons. The summed E-state index contributed by atoms with van der Waals surface area (Å²) in [6, 6.07) is 33.0. The van der Waals surface area contributed by atoms with E-state index < -0.39 is 12.0 Å². The minimum absolute atomic E-state index is 0.0445. The van der Waals surface area contributed by atoms with Crippen molar-refractivity contribution in [3.63, 3.8) is 0 Å². The van der Waals surface area contributed by atoms with Crippen molar-refractivity contribution in [3.05, 3.63) is 131 Å². The van der Waals surface area contributed by atoms with Crippen molar-refractivity contribution in [2.75, 3.05) is 25.6 Å². The second-order valence-corrected chi connectivity index (χ2v) is 10.6. The van der Waals surface area contributed by atoms with Crippen LogP contribution in [0, 0.1) is 5.92 Å². The average Bonchev–Trinajstić information content (AvgIpc) is 3.07. The van der Waals surface area contributed by atoms with Gasteiger partial charge in [-0.25, -0.2) is 4.79 Å². The first-order valence-corrected chi connectivity index (χ1v) is 15.0. The van der Waals surface area contributed by atoms with Gasteiger partial charge in [-0.3, -0.25) is 9.59 Å². The Morgan fingerprint density at radius 3 is 2.07 bits per heavy atom. The van der Waals surface area contributed by atoms with Gasteiger partial charge < -0.3 is 20.1 Å². The summed E-state index contributed by atoms with van der Waals surface area (Å²) < 4.78 is 10.9. The van der Waals surface area contributed by atoms with Gasteiger partial charge >= 0.3 is 5.97 Å². The summed E-state index contributed by atoms with van der Waals surface area (Å²) >= 11 is 0. The molecule has 0 aliphatic heterocycles. The second kappa shape index (κ2) is 16.7. The first-order valence-electron chi connectivity index (χ1n) is 15.0. The Bertz CT molecular complexity index is 1490. The molecule has 44 heavy (non-hydrogen) atoms. The molecule has 0 heterocycles. The SMILES string of the molecule is CCCC(Cc1ccccc1)C(=O)NCCOc1ccc(CC(Nc2ccccc2C(=O)c2ccccc2)C(=O)OC)cc1. The molecule has 0 aliphatic rings. The highest BCUT2D eigenvalue weighted by atomic mass is 16.5. The summed E-state index contributed by atoms with van der Waals surface area (Å²) in [6.07, 6.45) is 2.84. The lowest BCUT2D eigenvalue weighted by atomic mass is 9.94. The zero-order valence-electron chi connectivity index (χ0n) is 25.3. The van der Waals surface area contributed by atoms with E-state index in [-0.39, 0.29) is 17.6 Å². The van der Waals surface area contributed by atoms with Crippen LogP contribution in [0.15, 0.2) is 109 Å². The average molecular weight is 593 g/mol. The molecule has 4 aromatic rings. The fourth-order valence-electron chi connectivity index (χ4n) is 5.09. The van der Waals surface area contributed by atoms with Crippen molar-refractivity contribution in [2.45, 2.75) is 38.6 Å². The van der Waals surface area contributed by atoms with Crippen LogP contribution >= 0.6 is 0 Å². The number of amides is 1. The van der Waals surface area contributed by atoms with Gasteiger partial charge in [-0.05, 0) is 48.2 Å². The highest BCUT2D eigenvalue weighted by Crippen LogP contribution is 2.22. The highest BCUT2D eigenvalue weighted by Gasteiger charge is 2.23. The van der Waals surface area contributed by atoms with E-state index in [0.29, 0.717) is 42.1 Å². The zero-order chi connectivity index (χ0) is 31.1. The predicted octanol–water partition coefficient (Wildman–Crippen LogP) is 6.27. The Balaban J connectivity index is 1.31. The van der Waals surface area contributed by atoms with Gasteiger partial charge in [-0.2, -0.15) is 0 Å². The Morgan fingerprint density at radius 1 is 0.750 bits per heavy atom. The third-order valence-corrected chi connectivity index (χ3v) is 7.39. The molecular formula is C37H40N2O5. The minimum Gasteiger partial charge on any atom is -0.492 e. The molecule has 4 rings (SSSR count). The lowest BCUT2D eigenvalue weighted by molar-refractivity contribution is -0.141. The maximum absolute atomic E-state index is 13.2. The van der Waals surface area contributed by atoms with E-state index in [2.05, 4.69) is 29.7 Å². The van der Waals surface area contributed by atoms with Crippen LogP contribution in [0.4, 0.5) is 5.69 Å². The molecule has 0 fully saturated rings.